The van der Waals surface area contributed by atoms with Gasteiger partial charge in [-0.05, 0) is 37.9 Å². The zero-order chi connectivity index (χ0) is 10.3. The summed E-state index contributed by atoms with van der Waals surface area (Å²) < 4.78 is 5.26. The Balaban J connectivity index is 4.25. The number of aliphatic hydroxyl groups excluding tert-OH is 1. The van der Waals surface area contributed by atoms with Crippen LogP contribution in [0.15, 0.2) is 21.1 Å². The minimum atomic E-state index is -0.720. The average Bonchev–Trinajstić information content (AvgIpc) is 2.05. The van der Waals surface area contributed by atoms with Gasteiger partial charge in [0.2, 0.25) is 11.5 Å². The van der Waals surface area contributed by atoms with Gasteiger partial charge in [-0.15, -0.1) is 0 Å². The summed E-state index contributed by atoms with van der Waals surface area (Å²) in [4.78, 5) is 2.50. The van der Waals surface area contributed by atoms with Crippen molar-refractivity contribution in [3.63, 3.8) is 0 Å². The summed E-state index contributed by atoms with van der Waals surface area (Å²) in [6.07, 6.45) is 1.54. The first-order valence-corrected chi connectivity index (χ1v) is 4.52. The van der Waals surface area contributed by atoms with Crippen LogP contribution in [0.1, 0.15) is 0 Å². The number of aliphatic hydroxyl groups is 1. The van der Waals surface area contributed by atoms with Crippen LogP contribution >= 0.6 is 31.9 Å². The van der Waals surface area contributed by atoms with Crippen molar-refractivity contribution in [1.82, 2.24) is 0 Å². The van der Waals surface area contributed by atoms with Gasteiger partial charge in [0.25, 0.3) is 0 Å². The number of allylic oxidation sites excluding steroid dienone is 1. The standard InChI is InChI=1S/C6H3Br2N3O2/c7-5(8)1-2-13-6(12)4(3-9)11-10/h1H,2H2/p+1/b6-4-. The highest BCUT2D eigenvalue weighted by atomic mass is 79.9. The first-order valence-electron chi connectivity index (χ1n) is 2.94. The summed E-state index contributed by atoms with van der Waals surface area (Å²) in [7, 11) is 0. The van der Waals surface area contributed by atoms with E-state index in [0.717, 1.165) is 0 Å². The second-order valence-corrected chi connectivity index (χ2v) is 4.44. The monoisotopic (exact) mass is 308 g/mol. The molecule has 0 aliphatic carbocycles. The van der Waals surface area contributed by atoms with Gasteiger partial charge in [-0.25, -0.2) is 0 Å². The van der Waals surface area contributed by atoms with Gasteiger partial charge in [0, 0.05) is 0 Å². The number of ether oxygens (including phenoxy) is 1. The van der Waals surface area contributed by atoms with E-state index in [4.69, 9.17) is 15.8 Å². The Bertz CT molecular complexity index is 304. The molecule has 13 heavy (non-hydrogen) atoms. The first-order chi connectivity index (χ1) is 6.11. The predicted octanol–water partition coefficient (Wildman–Crippen LogP) is 2.74. The Kier molecular flexibility index (Phi) is 5.94. The quantitative estimate of drug-likeness (QED) is 0.494. The topological polar surface area (TPSA) is 81.4 Å². The van der Waals surface area contributed by atoms with E-state index >= 15 is 0 Å². The van der Waals surface area contributed by atoms with Crippen LogP contribution in [0, 0.1) is 16.7 Å². The molecular formula is C6H4Br2N3O2+. The molecule has 0 bridgehead atoms. The lowest BCUT2D eigenvalue weighted by Crippen LogP contribution is -1.93. The number of rotatable bonds is 3. The number of nitriles is 1. The zero-order valence-electron chi connectivity index (χ0n) is 6.24. The third-order valence-corrected chi connectivity index (χ3v) is 1.51. The van der Waals surface area contributed by atoms with Gasteiger partial charge in [0.05, 0.1) is 3.39 Å². The fraction of sp³-hybridized carbons (Fsp3) is 0.167. The van der Waals surface area contributed by atoms with Crippen LogP contribution in [-0.4, -0.2) is 11.7 Å². The van der Waals surface area contributed by atoms with E-state index in [2.05, 4.69) is 41.6 Å². The van der Waals surface area contributed by atoms with Crippen LogP contribution in [0.3, 0.4) is 0 Å². The minimum Gasteiger partial charge on any atom is -0.474 e. The second kappa shape index (κ2) is 6.46. The maximum atomic E-state index is 8.94. The second-order valence-electron chi connectivity index (χ2n) is 1.67. The molecule has 0 aromatic heterocycles. The maximum absolute atomic E-state index is 8.94. The highest BCUT2D eigenvalue weighted by Gasteiger charge is 2.19. The largest absolute Gasteiger partial charge is 0.540 e. The molecule has 0 rings (SSSR count). The van der Waals surface area contributed by atoms with Gasteiger partial charge < -0.3 is 9.84 Å². The third kappa shape index (κ3) is 5.23. The molecule has 68 valence electrons. The van der Waals surface area contributed by atoms with Gasteiger partial charge in [-0.3, -0.25) is 0 Å². The van der Waals surface area contributed by atoms with Crippen molar-refractivity contribution in [3.8, 4) is 6.07 Å². The van der Waals surface area contributed by atoms with Gasteiger partial charge >= 0.3 is 11.6 Å². The molecule has 0 amide bonds. The van der Waals surface area contributed by atoms with Crippen molar-refractivity contribution < 1.29 is 9.84 Å². The Morgan fingerprint density at radius 2 is 2.23 bits per heavy atom. The Hall–Kier alpha value is -1.05. The Labute approximate surface area is 91.2 Å². The summed E-state index contributed by atoms with van der Waals surface area (Å²) in [6, 6.07) is 1.43. The van der Waals surface area contributed by atoms with Crippen LogP contribution < -0.4 is 0 Å². The summed E-state index contributed by atoms with van der Waals surface area (Å²) >= 11 is 6.12. The summed E-state index contributed by atoms with van der Waals surface area (Å²) in [5.74, 6) is -0.720. The molecular weight excluding hydrogens is 306 g/mol. The van der Waals surface area contributed by atoms with E-state index in [1.165, 1.54) is 6.07 Å². The van der Waals surface area contributed by atoms with E-state index in [1.54, 1.807) is 6.08 Å². The number of diazo groups is 1. The molecule has 0 aromatic carbocycles. The fourth-order valence-electron chi connectivity index (χ4n) is 0.365. The van der Waals surface area contributed by atoms with Crippen molar-refractivity contribution >= 4 is 31.9 Å². The van der Waals surface area contributed by atoms with Crippen molar-refractivity contribution in [3.05, 3.63) is 26.1 Å². The molecule has 0 unspecified atom stereocenters. The van der Waals surface area contributed by atoms with Crippen molar-refractivity contribution in [2.45, 2.75) is 0 Å². The van der Waals surface area contributed by atoms with Crippen LogP contribution in [-0.2, 0) is 4.74 Å². The van der Waals surface area contributed by atoms with Crippen LogP contribution in [0.4, 0.5) is 0 Å². The van der Waals surface area contributed by atoms with E-state index in [0.29, 0.717) is 3.39 Å². The molecule has 0 heterocycles. The highest BCUT2D eigenvalue weighted by molar-refractivity contribution is 9.28. The van der Waals surface area contributed by atoms with Crippen LogP contribution in [0.5, 0.6) is 0 Å². The Morgan fingerprint density at radius 3 is 2.62 bits per heavy atom. The van der Waals surface area contributed by atoms with Crippen LogP contribution in [0.25, 0.3) is 4.98 Å². The summed E-state index contributed by atoms with van der Waals surface area (Å²) in [5.41, 5.74) is -0.570. The minimum absolute atomic E-state index is 0.0400. The molecule has 0 radical (unpaired) electrons. The van der Waals surface area contributed by atoms with E-state index < -0.39 is 11.6 Å². The lowest BCUT2D eigenvalue weighted by Gasteiger charge is -1.95. The normalized spacial score (nSPS) is 10.5. The molecule has 0 fully saturated rings. The summed E-state index contributed by atoms with van der Waals surface area (Å²) in [5, 5.41) is 25.4. The van der Waals surface area contributed by atoms with Crippen molar-refractivity contribution in [2.24, 2.45) is 0 Å². The van der Waals surface area contributed by atoms with Gasteiger partial charge in [-0.2, -0.15) is 5.26 Å². The van der Waals surface area contributed by atoms with Crippen molar-refractivity contribution in [1.29, 1.82) is 10.7 Å². The zero-order valence-corrected chi connectivity index (χ0v) is 9.41. The molecule has 5 nitrogen and oxygen atoms in total. The number of halogens is 2. The third-order valence-electron chi connectivity index (χ3n) is 0.866. The lowest BCUT2D eigenvalue weighted by atomic mass is 10.5. The van der Waals surface area contributed by atoms with Crippen LogP contribution in [0.2, 0.25) is 0 Å². The van der Waals surface area contributed by atoms with E-state index in [1.807, 2.05) is 0 Å². The molecule has 0 saturated heterocycles. The molecule has 0 atom stereocenters. The number of nitrogens with zero attached hydrogens (tertiary/aromatic N) is 3. The molecule has 0 spiro atoms. The number of hydrogen-bond donors (Lipinski definition) is 1. The van der Waals surface area contributed by atoms with Gasteiger partial charge in [-0.1, -0.05) is 0 Å². The molecule has 0 aliphatic rings. The van der Waals surface area contributed by atoms with Gasteiger partial charge in [0.15, 0.2) is 4.98 Å². The smallest absolute Gasteiger partial charge is 0.474 e. The van der Waals surface area contributed by atoms with E-state index in [9.17, 15) is 0 Å². The predicted molar refractivity (Wildman–Crippen MR) is 52.2 cm³/mol. The Morgan fingerprint density at radius 1 is 1.62 bits per heavy atom. The average molecular weight is 310 g/mol. The van der Waals surface area contributed by atoms with Crippen molar-refractivity contribution in [2.75, 3.05) is 6.61 Å². The summed E-state index contributed by atoms with van der Waals surface area (Å²) in [6.45, 7) is 0.0400. The molecule has 7 heteroatoms. The van der Waals surface area contributed by atoms with Gasteiger partial charge in [0.1, 0.15) is 6.61 Å². The number of hydrogen-bond acceptors (Lipinski definition) is 4. The lowest BCUT2D eigenvalue weighted by molar-refractivity contribution is 0.110. The maximum Gasteiger partial charge on any atom is 0.540 e. The molecule has 0 aliphatic heterocycles. The van der Waals surface area contributed by atoms with E-state index in [-0.39, 0.29) is 6.61 Å². The first kappa shape index (κ1) is 11.9. The molecule has 1 N–H and O–H groups in total. The SMILES string of the molecule is N#C/C([N+]#N)=C(\O)OCC=C(Br)Br. The fourth-order valence-corrected chi connectivity index (χ4v) is 0.629. The molecule has 0 saturated carbocycles. The molecule has 0 aromatic rings. The highest BCUT2D eigenvalue weighted by Crippen LogP contribution is 2.12.